The van der Waals surface area contributed by atoms with Gasteiger partial charge in [-0.1, -0.05) is 11.6 Å². The summed E-state index contributed by atoms with van der Waals surface area (Å²) in [5.41, 5.74) is -0.731. The summed E-state index contributed by atoms with van der Waals surface area (Å²) in [6, 6.07) is 2.52. The van der Waals surface area contributed by atoms with Gasteiger partial charge in [0, 0.05) is 6.07 Å². The van der Waals surface area contributed by atoms with E-state index in [4.69, 9.17) is 11.6 Å². The van der Waals surface area contributed by atoms with Gasteiger partial charge in [-0.25, -0.2) is 4.98 Å². The van der Waals surface area contributed by atoms with Gasteiger partial charge in [0.2, 0.25) is 0 Å². The zero-order chi connectivity index (χ0) is 11.0. The van der Waals surface area contributed by atoms with Gasteiger partial charge in [0.25, 0.3) is 11.2 Å². The topological polar surface area (TPSA) is 88.9 Å². The first-order valence-electron chi connectivity index (χ1n) is 3.91. The molecule has 1 aromatic heterocycles. The minimum absolute atomic E-state index is 0.00347. The fraction of sp³-hybridized carbons (Fsp3) is 0. The number of hydrogen-bond acceptors (Lipinski definition) is 4. The van der Waals surface area contributed by atoms with Gasteiger partial charge in [-0.2, -0.15) is 0 Å². The second-order valence-electron chi connectivity index (χ2n) is 2.78. The molecule has 0 amide bonds. The predicted octanol–water partition coefficient (Wildman–Crippen LogP) is 1.48. The normalized spacial score (nSPS) is 10.5. The number of nitrogens with zero attached hydrogens (tertiary/aromatic N) is 2. The number of fused-ring (bicyclic) bond motifs is 1. The van der Waals surface area contributed by atoms with Crippen LogP contribution in [0.25, 0.3) is 10.9 Å². The largest absolute Gasteiger partial charge is 0.313 e. The van der Waals surface area contributed by atoms with Crippen LogP contribution >= 0.6 is 11.6 Å². The molecule has 0 saturated carbocycles. The first kappa shape index (κ1) is 9.60. The predicted molar refractivity (Wildman–Crippen MR) is 54.0 cm³/mol. The van der Waals surface area contributed by atoms with Gasteiger partial charge in [-0.3, -0.25) is 14.9 Å². The molecule has 1 N–H and O–H groups in total. The van der Waals surface area contributed by atoms with Crippen LogP contribution in [-0.2, 0) is 0 Å². The van der Waals surface area contributed by atoms with Crippen LogP contribution in [0, 0.1) is 10.1 Å². The molecule has 0 atom stereocenters. The van der Waals surface area contributed by atoms with E-state index in [1.54, 1.807) is 0 Å². The Morgan fingerprint density at radius 3 is 2.87 bits per heavy atom. The summed E-state index contributed by atoms with van der Waals surface area (Å²) in [5.74, 6) is 0. The first-order chi connectivity index (χ1) is 7.11. The molecule has 1 heterocycles. The fourth-order valence-corrected chi connectivity index (χ4v) is 1.52. The summed E-state index contributed by atoms with van der Waals surface area (Å²) in [7, 11) is 0. The number of hydrogen-bond donors (Lipinski definition) is 1. The smallest absolute Gasteiger partial charge is 0.295 e. The third kappa shape index (κ3) is 1.44. The molecule has 6 nitrogen and oxygen atoms in total. The molecule has 0 aliphatic rings. The maximum atomic E-state index is 11.4. The van der Waals surface area contributed by atoms with Gasteiger partial charge in [0.1, 0.15) is 0 Å². The molecule has 2 aromatic rings. The highest BCUT2D eigenvalue weighted by Gasteiger charge is 2.16. The molecule has 0 fully saturated rings. The Kier molecular flexibility index (Phi) is 2.12. The van der Waals surface area contributed by atoms with Crippen molar-refractivity contribution in [1.82, 2.24) is 9.97 Å². The van der Waals surface area contributed by atoms with Gasteiger partial charge in [0.15, 0.2) is 5.52 Å². The van der Waals surface area contributed by atoms with Gasteiger partial charge in [0.05, 0.1) is 21.7 Å². The number of nitro benzene ring substituents is 1. The standard InChI is InChI=1S/C8H4ClN3O3/c9-4-1-2-5(12(14)15)7-6(4)8(13)11-3-10-7/h1-3H,(H,10,11,13). The Morgan fingerprint density at radius 1 is 1.47 bits per heavy atom. The quantitative estimate of drug-likeness (QED) is 0.588. The number of aromatic nitrogens is 2. The third-order valence-electron chi connectivity index (χ3n) is 1.92. The van der Waals surface area contributed by atoms with Crippen LogP contribution in [0.3, 0.4) is 0 Å². The van der Waals surface area contributed by atoms with Crippen molar-refractivity contribution in [2.24, 2.45) is 0 Å². The van der Waals surface area contributed by atoms with Crippen LogP contribution in [0.1, 0.15) is 0 Å². The number of nitrogens with one attached hydrogen (secondary N) is 1. The minimum atomic E-state index is -0.606. The lowest BCUT2D eigenvalue weighted by molar-refractivity contribution is -0.383. The van der Waals surface area contributed by atoms with E-state index in [2.05, 4.69) is 9.97 Å². The van der Waals surface area contributed by atoms with Crippen molar-refractivity contribution in [2.45, 2.75) is 0 Å². The number of rotatable bonds is 1. The minimum Gasteiger partial charge on any atom is -0.313 e. The maximum absolute atomic E-state index is 11.4. The second kappa shape index (κ2) is 3.32. The summed E-state index contributed by atoms with van der Waals surface area (Å²) in [5, 5.41) is 10.8. The van der Waals surface area contributed by atoms with Crippen LogP contribution in [0.2, 0.25) is 5.02 Å². The number of non-ortho nitro benzene ring substituents is 1. The number of nitro groups is 1. The van der Waals surface area contributed by atoms with E-state index in [1.807, 2.05) is 0 Å². The zero-order valence-electron chi connectivity index (χ0n) is 7.23. The summed E-state index contributed by atoms with van der Waals surface area (Å²) < 4.78 is 0. The molecular weight excluding hydrogens is 222 g/mol. The highest BCUT2D eigenvalue weighted by Crippen LogP contribution is 2.26. The molecule has 76 valence electrons. The monoisotopic (exact) mass is 225 g/mol. The van der Waals surface area contributed by atoms with E-state index in [-0.39, 0.29) is 21.6 Å². The average molecular weight is 226 g/mol. The van der Waals surface area contributed by atoms with Crippen LogP contribution in [0.5, 0.6) is 0 Å². The van der Waals surface area contributed by atoms with Crippen molar-refractivity contribution in [3.05, 3.63) is 44.0 Å². The molecular formula is C8H4ClN3O3. The van der Waals surface area contributed by atoms with Crippen LogP contribution < -0.4 is 5.56 Å². The number of H-pyrrole nitrogens is 1. The Hall–Kier alpha value is -1.95. The number of benzene rings is 1. The maximum Gasteiger partial charge on any atom is 0.295 e. The summed E-state index contributed by atoms with van der Waals surface area (Å²) in [6.07, 6.45) is 1.11. The van der Waals surface area contributed by atoms with Crippen molar-refractivity contribution >= 4 is 28.2 Å². The number of aromatic amines is 1. The lowest BCUT2D eigenvalue weighted by Crippen LogP contribution is -2.08. The van der Waals surface area contributed by atoms with E-state index in [0.717, 1.165) is 6.33 Å². The molecule has 2 rings (SSSR count). The zero-order valence-corrected chi connectivity index (χ0v) is 7.99. The van der Waals surface area contributed by atoms with Gasteiger partial charge in [-0.15, -0.1) is 0 Å². The van der Waals surface area contributed by atoms with Crippen molar-refractivity contribution in [1.29, 1.82) is 0 Å². The van der Waals surface area contributed by atoms with Crippen molar-refractivity contribution < 1.29 is 4.92 Å². The molecule has 1 aromatic carbocycles. The molecule has 0 spiro atoms. The lowest BCUT2D eigenvalue weighted by Gasteiger charge is -1.98. The molecule has 0 saturated heterocycles. The van der Waals surface area contributed by atoms with Crippen LogP contribution in [-0.4, -0.2) is 14.9 Å². The average Bonchev–Trinajstić information content (AvgIpc) is 2.17. The SMILES string of the molecule is O=c1[nH]cnc2c([N+](=O)[O-])ccc(Cl)c12. The van der Waals surface area contributed by atoms with Gasteiger partial charge in [-0.05, 0) is 6.07 Å². The third-order valence-corrected chi connectivity index (χ3v) is 2.23. The fourth-order valence-electron chi connectivity index (χ4n) is 1.28. The van der Waals surface area contributed by atoms with Gasteiger partial charge < -0.3 is 4.98 Å². The highest BCUT2D eigenvalue weighted by molar-refractivity contribution is 6.35. The molecule has 0 aliphatic carbocycles. The molecule has 7 heteroatoms. The summed E-state index contributed by atoms with van der Waals surface area (Å²) in [6.45, 7) is 0. The van der Waals surface area contributed by atoms with E-state index >= 15 is 0 Å². The van der Waals surface area contributed by atoms with E-state index in [0.29, 0.717) is 0 Å². The summed E-state index contributed by atoms with van der Waals surface area (Å²) >= 11 is 5.76. The molecule has 0 unspecified atom stereocenters. The van der Waals surface area contributed by atoms with Crippen LogP contribution in [0.15, 0.2) is 23.3 Å². The van der Waals surface area contributed by atoms with Crippen LogP contribution in [0.4, 0.5) is 5.69 Å². The van der Waals surface area contributed by atoms with Crippen molar-refractivity contribution in [2.75, 3.05) is 0 Å². The van der Waals surface area contributed by atoms with Crippen molar-refractivity contribution in [3.8, 4) is 0 Å². The van der Waals surface area contributed by atoms with Gasteiger partial charge >= 0.3 is 0 Å². The van der Waals surface area contributed by atoms with E-state index < -0.39 is 10.5 Å². The van der Waals surface area contributed by atoms with E-state index in [1.165, 1.54) is 12.1 Å². The first-order valence-corrected chi connectivity index (χ1v) is 4.29. The lowest BCUT2D eigenvalue weighted by atomic mass is 10.2. The molecule has 0 aliphatic heterocycles. The Labute approximate surface area is 87.7 Å². The Bertz CT molecular complexity index is 608. The Morgan fingerprint density at radius 2 is 2.20 bits per heavy atom. The molecule has 0 bridgehead atoms. The molecule has 0 radical (unpaired) electrons. The second-order valence-corrected chi connectivity index (χ2v) is 3.19. The Balaban J connectivity index is 3.01. The molecule has 15 heavy (non-hydrogen) atoms. The number of halogens is 1. The van der Waals surface area contributed by atoms with Crippen molar-refractivity contribution in [3.63, 3.8) is 0 Å². The van der Waals surface area contributed by atoms with E-state index in [9.17, 15) is 14.9 Å². The highest BCUT2D eigenvalue weighted by atomic mass is 35.5. The summed E-state index contributed by atoms with van der Waals surface area (Å²) in [4.78, 5) is 27.5.